The Bertz CT molecular complexity index is 2200. The van der Waals surface area contributed by atoms with E-state index >= 15 is 0 Å². The normalized spacial score (nSPS) is 9.53. The molecule has 0 aromatic heterocycles. The van der Waals surface area contributed by atoms with Gasteiger partial charge in [0.2, 0.25) is 0 Å². The molecule has 8 heteroatoms. The number of ether oxygens (including phenoxy) is 4. The molecule has 0 saturated carbocycles. The van der Waals surface area contributed by atoms with Crippen LogP contribution in [0.15, 0.2) is 206 Å². The van der Waals surface area contributed by atoms with E-state index in [1.807, 2.05) is 0 Å². The minimum Gasteiger partial charge on any atom is -0.867 e. The van der Waals surface area contributed by atoms with Crippen molar-refractivity contribution in [3.05, 3.63) is 206 Å². The zero-order valence-corrected chi connectivity index (χ0v) is 37.2. The predicted molar refractivity (Wildman–Crippen MR) is 236 cm³/mol. The van der Waals surface area contributed by atoms with Crippen LogP contribution in [-0.4, -0.2) is 28.4 Å². The molecule has 0 radical (unpaired) electrons. The summed E-state index contributed by atoms with van der Waals surface area (Å²) in [6.45, 7) is 0. The molecule has 0 spiro atoms. The van der Waals surface area contributed by atoms with Gasteiger partial charge in [0.1, 0.15) is 23.0 Å². The Kier molecular flexibility index (Phi) is 21.1. The smallest absolute Gasteiger partial charge is 0.867 e. The van der Waals surface area contributed by atoms with Crippen LogP contribution in [0.4, 0.5) is 0 Å². The summed E-state index contributed by atoms with van der Waals surface area (Å²) in [6.07, 6.45) is 0. The maximum atomic E-state index is 11.2. The van der Waals surface area contributed by atoms with E-state index in [0.717, 1.165) is 0 Å². The molecule has 0 saturated heterocycles. The zero-order valence-electron chi connectivity index (χ0n) is 34.1. The van der Waals surface area contributed by atoms with Gasteiger partial charge in [-0.25, -0.2) is 0 Å². The van der Waals surface area contributed by atoms with Gasteiger partial charge in [0.15, 0.2) is 0 Å². The minimum absolute atomic E-state index is 0. The third kappa shape index (κ3) is 14.1. The molecule has 0 aliphatic carbocycles. The number of hydrogen-bond donors (Lipinski definition) is 0. The summed E-state index contributed by atoms with van der Waals surface area (Å²) in [7, 11) is 5.82. The predicted octanol–water partition coefficient (Wildman–Crippen LogP) is 11.8. The van der Waals surface area contributed by atoms with Crippen LogP contribution in [0.5, 0.6) is 34.5 Å². The van der Waals surface area contributed by atoms with Crippen molar-refractivity contribution in [1.29, 1.82) is 0 Å². The molecule has 0 bridgehead atoms. The topological polar surface area (TPSA) is 83.0 Å². The van der Waals surface area contributed by atoms with E-state index in [9.17, 15) is 10.2 Å². The van der Waals surface area contributed by atoms with Crippen molar-refractivity contribution in [1.82, 2.24) is 0 Å². The van der Waals surface area contributed by atoms with Crippen LogP contribution in [0.3, 0.4) is 0 Å². The van der Waals surface area contributed by atoms with Crippen molar-refractivity contribution in [2.45, 2.75) is 0 Å². The fourth-order valence-corrected chi connectivity index (χ4v) is 5.91. The van der Waals surface area contributed by atoms with Crippen LogP contribution in [0.1, 0.15) is 0 Å². The first kappa shape index (κ1) is 48.4. The van der Waals surface area contributed by atoms with Gasteiger partial charge in [-0.1, -0.05) is 36.4 Å². The third-order valence-electron chi connectivity index (χ3n) is 8.96. The van der Waals surface area contributed by atoms with Crippen LogP contribution in [-0.2, 0) is 43.4 Å². The molecule has 6 nitrogen and oxygen atoms in total. The summed E-state index contributed by atoms with van der Waals surface area (Å²) in [4.78, 5) is 0. The summed E-state index contributed by atoms with van der Waals surface area (Å²) in [5.74, 6) is 0.817. The quantitative estimate of drug-likeness (QED) is 0.129. The molecule has 10 aromatic carbocycles. The second kappa shape index (κ2) is 26.2. The molecule has 0 amide bonds. The maximum absolute atomic E-state index is 11.2. The second-order valence-corrected chi connectivity index (χ2v) is 12.6. The van der Waals surface area contributed by atoms with E-state index in [-0.39, 0.29) is 54.9 Å². The maximum Gasteiger partial charge on any atom is 2.00 e. The van der Waals surface area contributed by atoms with E-state index in [4.69, 9.17) is 18.9 Å². The molecule has 0 aliphatic heterocycles. The first-order valence-corrected chi connectivity index (χ1v) is 18.6. The molecular formula is C52H46O6Ti2-2. The molecule has 0 N–H and O–H groups in total. The molecule has 0 aliphatic rings. The van der Waals surface area contributed by atoms with Crippen LogP contribution < -0.4 is 29.2 Å². The molecule has 10 aromatic rings. The van der Waals surface area contributed by atoms with Gasteiger partial charge in [-0.15, -0.1) is 119 Å². The van der Waals surface area contributed by atoms with Crippen LogP contribution in [0.25, 0.3) is 43.1 Å². The number of rotatable bonds is 4. The molecule has 60 heavy (non-hydrogen) atoms. The number of benzene rings is 6. The Hall–Kier alpha value is -6.01. The summed E-state index contributed by atoms with van der Waals surface area (Å²) >= 11 is 0. The monoisotopic (exact) mass is 862 g/mol. The van der Waals surface area contributed by atoms with Crippen molar-refractivity contribution in [2.24, 2.45) is 0 Å². The number of fused-ring (bicyclic) bond motifs is 4. The van der Waals surface area contributed by atoms with E-state index < -0.39 is 0 Å². The van der Waals surface area contributed by atoms with Gasteiger partial charge in [-0.05, 0) is 35.8 Å². The Morgan fingerprint density at radius 2 is 0.517 bits per heavy atom. The van der Waals surface area contributed by atoms with Crippen molar-refractivity contribution in [2.75, 3.05) is 28.4 Å². The molecule has 300 valence electrons. The Balaban J connectivity index is 0.000000191. The van der Waals surface area contributed by atoms with Crippen LogP contribution >= 0.6 is 0 Å². The first-order chi connectivity index (χ1) is 28.4. The number of methoxy groups -OCH3 is 4. The van der Waals surface area contributed by atoms with E-state index in [2.05, 4.69) is 170 Å². The largest absolute Gasteiger partial charge is 2.00 e. The van der Waals surface area contributed by atoms with Crippen molar-refractivity contribution < 1.29 is 72.6 Å². The molecule has 0 heterocycles. The first-order valence-electron chi connectivity index (χ1n) is 18.6. The molecule has 0 atom stereocenters. The van der Waals surface area contributed by atoms with Gasteiger partial charge < -0.3 is 29.2 Å². The SMILES string of the molecule is COc1cccc(OC)c1[O-].COc1cccc(OC)c1[O-].[Ti+2].[Ti+2].c1ccc2[cH-]ccc2c1.c1ccc2[cH-]ccc2c1.c1ccc2[cH-]ccc2c1.c1ccc2[cH-]ccc2c1. The average Bonchev–Trinajstić information content (AvgIpc) is 4.12. The standard InChI is InChI=1S/4C9H7.2C8H10O3.2Ti/c4*1-2-5-9-7-3-6-8(9)4-1;2*1-10-6-4-3-5-7(11-2)8(6)9;;/h4*1-7H;2*3-5,9H,1-2H3;;/q4*-1;;;2*+2/p-2. The molecule has 0 fully saturated rings. The Labute approximate surface area is 382 Å². The third-order valence-corrected chi connectivity index (χ3v) is 8.96. The fourth-order valence-electron chi connectivity index (χ4n) is 5.91. The summed E-state index contributed by atoms with van der Waals surface area (Å²) < 4.78 is 19.2. The second-order valence-electron chi connectivity index (χ2n) is 12.6. The van der Waals surface area contributed by atoms with Gasteiger partial charge in [0.25, 0.3) is 0 Å². The summed E-state index contributed by atoms with van der Waals surface area (Å²) in [5.41, 5.74) is 0. The Morgan fingerprint density at radius 1 is 0.300 bits per heavy atom. The molecule has 0 unspecified atom stereocenters. The van der Waals surface area contributed by atoms with Gasteiger partial charge in [0, 0.05) is 0 Å². The van der Waals surface area contributed by atoms with Crippen molar-refractivity contribution in [3.8, 4) is 34.5 Å². The van der Waals surface area contributed by atoms with Gasteiger partial charge in [-0.3, -0.25) is 0 Å². The van der Waals surface area contributed by atoms with Crippen molar-refractivity contribution in [3.63, 3.8) is 0 Å². The van der Waals surface area contributed by atoms with E-state index in [0.29, 0.717) is 23.0 Å². The average molecular weight is 863 g/mol. The van der Waals surface area contributed by atoms with Crippen LogP contribution in [0, 0.1) is 0 Å². The molecule has 10 rings (SSSR count). The summed E-state index contributed by atoms with van der Waals surface area (Å²) in [5, 5.41) is 33.0. The minimum atomic E-state index is -0.211. The summed E-state index contributed by atoms with van der Waals surface area (Å²) in [6, 6.07) is 68.5. The van der Waals surface area contributed by atoms with E-state index in [1.54, 1.807) is 36.4 Å². The number of hydrogen-bond acceptors (Lipinski definition) is 6. The van der Waals surface area contributed by atoms with Gasteiger partial charge >= 0.3 is 43.4 Å². The van der Waals surface area contributed by atoms with Gasteiger partial charge in [-0.2, -0.15) is 70.1 Å². The molecular weight excluding hydrogens is 816 g/mol. The van der Waals surface area contributed by atoms with Crippen LogP contribution in [0.2, 0.25) is 0 Å². The fraction of sp³-hybridized carbons (Fsp3) is 0.0769. The Morgan fingerprint density at radius 3 is 0.717 bits per heavy atom. The van der Waals surface area contributed by atoms with Gasteiger partial charge in [0.05, 0.1) is 28.4 Å². The van der Waals surface area contributed by atoms with Crippen molar-refractivity contribution >= 4 is 43.1 Å². The number of para-hydroxylation sites is 2. The zero-order chi connectivity index (χ0) is 41.0. The van der Waals surface area contributed by atoms with E-state index in [1.165, 1.54) is 71.5 Å².